The molecular weight excluding hydrogens is 358 g/mol. The van der Waals surface area contributed by atoms with Crippen molar-refractivity contribution in [2.24, 2.45) is 0 Å². The average molecular weight is 378 g/mol. The summed E-state index contributed by atoms with van der Waals surface area (Å²) in [4.78, 5) is 23.3. The Morgan fingerprint density at radius 3 is 2.60 bits per heavy atom. The molecule has 1 aromatic rings. The molecule has 0 aliphatic rings. The van der Waals surface area contributed by atoms with Crippen molar-refractivity contribution in [1.29, 1.82) is 0 Å². The van der Waals surface area contributed by atoms with Crippen LogP contribution in [-0.2, 0) is 24.3 Å². The average Bonchev–Trinajstić information content (AvgIpc) is 2.53. The van der Waals surface area contributed by atoms with E-state index in [9.17, 15) is 26.8 Å². The lowest BCUT2D eigenvalue weighted by molar-refractivity contribution is -0.148. The Kier molecular flexibility index (Phi) is 7.91. The van der Waals surface area contributed by atoms with Gasteiger partial charge in [0, 0.05) is 6.07 Å². The summed E-state index contributed by atoms with van der Waals surface area (Å²) < 4.78 is 56.5. The third kappa shape index (κ3) is 7.57. The summed E-state index contributed by atoms with van der Waals surface area (Å²) >= 11 is 0. The molecule has 0 saturated carbocycles. The molecule has 0 aliphatic heterocycles. The van der Waals surface area contributed by atoms with Gasteiger partial charge < -0.3 is 10.1 Å². The molecule has 0 unspecified atom stereocenters. The molecule has 0 saturated heterocycles. The van der Waals surface area contributed by atoms with Gasteiger partial charge in [0.1, 0.15) is 17.7 Å². The van der Waals surface area contributed by atoms with Crippen LogP contribution in [0.15, 0.2) is 18.2 Å². The maximum Gasteiger partial charge on any atom is 0.324 e. The Labute approximate surface area is 144 Å². The molecule has 1 aromatic carbocycles. The zero-order valence-corrected chi connectivity index (χ0v) is 14.7. The van der Waals surface area contributed by atoms with Gasteiger partial charge in [-0.3, -0.25) is 9.59 Å². The molecule has 0 spiro atoms. The quantitative estimate of drug-likeness (QED) is 0.635. The second-order valence-electron chi connectivity index (χ2n) is 5.29. The molecule has 140 valence electrons. The van der Waals surface area contributed by atoms with Gasteiger partial charge in [0.2, 0.25) is 10.0 Å². The molecule has 2 N–H and O–H groups in total. The van der Waals surface area contributed by atoms with E-state index >= 15 is 0 Å². The summed E-state index contributed by atoms with van der Waals surface area (Å²) in [5.74, 6) is -3.57. The second kappa shape index (κ2) is 9.42. The summed E-state index contributed by atoms with van der Waals surface area (Å²) in [5.41, 5.74) is -0.394. The summed E-state index contributed by atoms with van der Waals surface area (Å²) in [6.45, 7) is 2.33. The van der Waals surface area contributed by atoms with Crippen molar-refractivity contribution in [3.05, 3.63) is 29.8 Å². The van der Waals surface area contributed by atoms with Crippen molar-refractivity contribution < 1.29 is 31.5 Å². The first-order valence-corrected chi connectivity index (χ1v) is 9.21. The van der Waals surface area contributed by atoms with Crippen LogP contribution < -0.4 is 10.0 Å². The topological polar surface area (TPSA) is 102 Å². The fourth-order valence-electron chi connectivity index (χ4n) is 1.75. The number of benzene rings is 1. The highest BCUT2D eigenvalue weighted by Crippen LogP contribution is 2.15. The lowest BCUT2D eigenvalue weighted by Crippen LogP contribution is -2.41. The van der Waals surface area contributed by atoms with Gasteiger partial charge in [-0.2, -0.15) is 0 Å². The number of hydrogen-bond acceptors (Lipinski definition) is 5. The van der Waals surface area contributed by atoms with E-state index in [-0.39, 0.29) is 5.75 Å². The van der Waals surface area contributed by atoms with Crippen molar-refractivity contribution in [3.63, 3.8) is 0 Å². The van der Waals surface area contributed by atoms with Crippen LogP contribution in [0.25, 0.3) is 0 Å². The number of nitrogens with one attached hydrogen (secondary N) is 2. The van der Waals surface area contributed by atoms with Crippen molar-refractivity contribution in [2.75, 3.05) is 17.7 Å². The van der Waals surface area contributed by atoms with E-state index in [1.807, 2.05) is 6.92 Å². The van der Waals surface area contributed by atoms with Crippen LogP contribution in [-0.4, -0.2) is 38.7 Å². The lowest BCUT2D eigenvalue weighted by Gasteiger charge is -2.13. The largest absolute Gasteiger partial charge is 0.454 e. The molecular formula is C15H20F2N2O5S. The number of amides is 1. The number of anilines is 1. The predicted molar refractivity (Wildman–Crippen MR) is 87.2 cm³/mol. The maximum absolute atomic E-state index is 13.4. The Bertz CT molecular complexity index is 725. The van der Waals surface area contributed by atoms with Crippen molar-refractivity contribution in [2.45, 2.75) is 32.7 Å². The van der Waals surface area contributed by atoms with Crippen LogP contribution in [0.5, 0.6) is 0 Å². The number of halogens is 2. The predicted octanol–water partition coefficient (Wildman–Crippen LogP) is 1.55. The van der Waals surface area contributed by atoms with Crippen LogP contribution in [0.1, 0.15) is 26.7 Å². The molecule has 0 aliphatic carbocycles. The minimum Gasteiger partial charge on any atom is -0.454 e. The van der Waals surface area contributed by atoms with E-state index in [1.165, 1.54) is 6.92 Å². The van der Waals surface area contributed by atoms with Crippen LogP contribution in [0.3, 0.4) is 0 Å². The molecule has 1 rings (SSSR count). The van der Waals surface area contributed by atoms with Gasteiger partial charge in [-0.15, -0.1) is 0 Å². The number of carbonyl (C=O) groups is 2. The van der Waals surface area contributed by atoms with Gasteiger partial charge in [-0.05, 0) is 25.5 Å². The van der Waals surface area contributed by atoms with Crippen LogP contribution in [0, 0.1) is 11.6 Å². The van der Waals surface area contributed by atoms with Gasteiger partial charge in [-0.25, -0.2) is 21.9 Å². The smallest absolute Gasteiger partial charge is 0.324 e. The number of rotatable bonds is 9. The molecule has 0 fully saturated rings. The highest BCUT2D eigenvalue weighted by molar-refractivity contribution is 7.89. The molecule has 25 heavy (non-hydrogen) atoms. The van der Waals surface area contributed by atoms with Gasteiger partial charge >= 0.3 is 5.97 Å². The van der Waals surface area contributed by atoms with Crippen LogP contribution in [0.4, 0.5) is 14.5 Å². The van der Waals surface area contributed by atoms with E-state index in [0.717, 1.165) is 18.2 Å². The molecule has 7 nitrogen and oxygen atoms in total. The zero-order chi connectivity index (χ0) is 19.0. The number of unbranched alkanes of at least 4 members (excludes halogenated alkanes) is 1. The van der Waals surface area contributed by atoms with E-state index < -0.39 is 51.9 Å². The fraction of sp³-hybridized carbons (Fsp3) is 0.467. The third-order valence-electron chi connectivity index (χ3n) is 3.02. The Morgan fingerprint density at radius 1 is 1.28 bits per heavy atom. The minimum atomic E-state index is -3.63. The summed E-state index contributed by atoms with van der Waals surface area (Å²) in [7, 11) is -3.63. The maximum atomic E-state index is 13.4. The van der Waals surface area contributed by atoms with Gasteiger partial charge in [0.05, 0.1) is 11.4 Å². The zero-order valence-electron chi connectivity index (χ0n) is 13.8. The summed E-state index contributed by atoms with van der Waals surface area (Å²) in [6, 6.07) is 1.32. The Balaban J connectivity index is 2.49. The van der Waals surface area contributed by atoms with Crippen molar-refractivity contribution >= 4 is 27.6 Å². The molecule has 0 heterocycles. The summed E-state index contributed by atoms with van der Waals surface area (Å²) in [6.07, 6.45) is 1.12. The third-order valence-corrected chi connectivity index (χ3v) is 4.56. The Hall–Kier alpha value is -2.07. The highest BCUT2D eigenvalue weighted by atomic mass is 32.2. The standard InChI is InChI=1S/C15H20F2N2O5S/c1-3-4-7-25(22,23)19-10(2)15(21)24-9-14(20)18-13-8-11(16)5-6-12(13)17/h5-6,8,10,19H,3-4,7,9H2,1-2H3,(H,18,20)/t10-/m0/s1. The molecule has 10 heteroatoms. The number of ether oxygens (including phenoxy) is 1. The van der Waals surface area contributed by atoms with E-state index in [2.05, 4.69) is 14.8 Å². The van der Waals surface area contributed by atoms with Crippen molar-refractivity contribution in [3.8, 4) is 0 Å². The van der Waals surface area contributed by atoms with Crippen LogP contribution >= 0.6 is 0 Å². The fourth-order valence-corrected chi connectivity index (χ4v) is 3.17. The number of hydrogen-bond donors (Lipinski definition) is 2. The van der Waals surface area contributed by atoms with Gasteiger partial charge in [-0.1, -0.05) is 13.3 Å². The van der Waals surface area contributed by atoms with Gasteiger partial charge in [0.15, 0.2) is 6.61 Å². The van der Waals surface area contributed by atoms with E-state index in [1.54, 1.807) is 0 Å². The first-order valence-electron chi connectivity index (χ1n) is 7.56. The first-order chi connectivity index (χ1) is 11.6. The normalized spacial score (nSPS) is 12.5. The minimum absolute atomic E-state index is 0.125. The number of sulfonamides is 1. The number of carbonyl (C=O) groups excluding carboxylic acids is 2. The molecule has 0 radical (unpaired) electrons. The van der Waals surface area contributed by atoms with E-state index in [4.69, 9.17) is 0 Å². The number of esters is 1. The Morgan fingerprint density at radius 2 is 1.96 bits per heavy atom. The molecule has 0 bridgehead atoms. The molecule has 0 aromatic heterocycles. The van der Waals surface area contributed by atoms with Gasteiger partial charge in [0.25, 0.3) is 5.91 Å². The van der Waals surface area contributed by atoms with Crippen molar-refractivity contribution in [1.82, 2.24) is 4.72 Å². The first kappa shape index (κ1) is 21.0. The summed E-state index contributed by atoms with van der Waals surface area (Å²) in [5, 5.41) is 2.05. The second-order valence-corrected chi connectivity index (χ2v) is 7.17. The monoisotopic (exact) mass is 378 g/mol. The van der Waals surface area contributed by atoms with Crippen LogP contribution in [0.2, 0.25) is 0 Å². The molecule has 1 amide bonds. The SMILES string of the molecule is CCCCS(=O)(=O)N[C@@H](C)C(=O)OCC(=O)Nc1cc(F)ccc1F. The lowest BCUT2D eigenvalue weighted by atomic mass is 10.3. The highest BCUT2D eigenvalue weighted by Gasteiger charge is 2.22. The van der Waals surface area contributed by atoms with E-state index in [0.29, 0.717) is 12.8 Å². The molecule has 1 atom stereocenters.